The summed E-state index contributed by atoms with van der Waals surface area (Å²) >= 11 is 2.19. The number of fused-ring (bicyclic) bond motifs is 1. The number of hydrogen-bond acceptors (Lipinski definition) is 3. The number of halogens is 1. The molecule has 0 saturated heterocycles. The number of ether oxygens (including phenoxy) is 2. The van der Waals surface area contributed by atoms with Crippen molar-refractivity contribution in [2.45, 2.75) is 20.5 Å². The average molecular weight is 537 g/mol. The van der Waals surface area contributed by atoms with Crippen LogP contribution in [-0.4, -0.2) is 12.5 Å². The second-order valence-electron chi connectivity index (χ2n) is 7.51. The summed E-state index contributed by atoms with van der Waals surface area (Å²) in [6.07, 6.45) is 0. The number of aryl methyl sites for hydroxylation is 1. The lowest BCUT2D eigenvalue weighted by molar-refractivity contribution is 0.102. The second kappa shape index (κ2) is 10.0. The van der Waals surface area contributed by atoms with Gasteiger partial charge in [0.25, 0.3) is 5.91 Å². The van der Waals surface area contributed by atoms with Gasteiger partial charge in [-0.25, -0.2) is 0 Å². The van der Waals surface area contributed by atoms with Gasteiger partial charge in [0.1, 0.15) is 6.61 Å². The summed E-state index contributed by atoms with van der Waals surface area (Å²) in [5, 5.41) is 5.20. The first-order valence-corrected chi connectivity index (χ1v) is 11.6. The van der Waals surface area contributed by atoms with Gasteiger partial charge < -0.3 is 14.8 Å². The fourth-order valence-electron chi connectivity index (χ4n) is 3.41. The average Bonchev–Trinajstić information content (AvgIpc) is 2.79. The van der Waals surface area contributed by atoms with Gasteiger partial charge in [-0.3, -0.25) is 4.79 Å². The van der Waals surface area contributed by atoms with Crippen molar-refractivity contribution in [3.05, 3.63) is 99.1 Å². The van der Waals surface area contributed by atoms with Crippen LogP contribution in [0.4, 0.5) is 5.69 Å². The first-order valence-electron chi connectivity index (χ1n) is 10.5. The Labute approximate surface area is 201 Å². The van der Waals surface area contributed by atoms with Crippen molar-refractivity contribution in [2.24, 2.45) is 0 Å². The van der Waals surface area contributed by atoms with Crippen LogP contribution in [0.25, 0.3) is 10.8 Å². The molecule has 162 valence electrons. The summed E-state index contributed by atoms with van der Waals surface area (Å²) in [4.78, 5) is 13.0. The van der Waals surface area contributed by atoms with E-state index in [9.17, 15) is 4.79 Å². The lowest BCUT2D eigenvalue weighted by atomic mass is 10.1. The van der Waals surface area contributed by atoms with E-state index in [2.05, 4.69) is 47.0 Å². The number of carbonyl (C=O) groups excluding carboxylic acids is 1. The molecule has 0 radical (unpaired) electrons. The molecule has 0 fully saturated rings. The molecule has 1 amide bonds. The number of anilines is 1. The van der Waals surface area contributed by atoms with Crippen LogP contribution in [0.1, 0.15) is 28.4 Å². The van der Waals surface area contributed by atoms with E-state index in [0.717, 1.165) is 25.6 Å². The number of amides is 1. The predicted molar refractivity (Wildman–Crippen MR) is 138 cm³/mol. The molecule has 32 heavy (non-hydrogen) atoms. The fourth-order valence-corrected chi connectivity index (χ4v) is 4.17. The Kier molecular flexibility index (Phi) is 6.95. The highest BCUT2D eigenvalue weighted by Gasteiger charge is 2.17. The van der Waals surface area contributed by atoms with Gasteiger partial charge in [0.05, 0.1) is 10.2 Å². The third kappa shape index (κ3) is 5.22. The van der Waals surface area contributed by atoms with Crippen LogP contribution in [0.15, 0.2) is 78.9 Å². The molecular weight excluding hydrogens is 513 g/mol. The Morgan fingerprint density at radius 1 is 0.906 bits per heavy atom. The van der Waals surface area contributed by atoms with Gasteiger partial charge in [-0.05, 0) is 77.0 Å². The Balaban J connectivity index is 1.55. The van der Waals surface area contributed by atoms with E-state index in [1.165, 1.54) is 5.56 Å². The van der Waals surface area contributed by atoms with E-state index in [1.807, 2.05) is 67.6 Å². The van der Waals surface area contributed by atoms with Crippen molar-refractivity contribution in [2.75, 3.05) is 11.9 Å². The van der Waals surface area contributed by atoms with Gasteiger partial charge >= 0.3 is 0 Å². The maximum absolute atomic E-state index is 13.0. The molecule has 0 aromatic heterocycles. The highest BCUT2D eigenvalue weighted by atomic mass is 127. The molecule has 4 rings (SSSR count). The fraction of sp³-hybridized carbons (Fsp3) is 0.148. The molecule has 0 bridgehead atoms. The first-order chi connectivity index (χ1) is 15.5. The number of carbonyl (C=O) groups is 1. The van der Waals surface area contributed by atoms with Crippen molar-refractivity contribution in [1.29, 1.82) is 0 Å². The Hall–Kier alpha value is -3.06. The molecule has 0 heterocycles. The molecule has 5 heteroatoms. The summed E-state index contributed by atoms with van der Waals surface area (Å²) in [5.74, 6) is 1.02. The monoisotopic (exact) mass is 537 g/mol. The van der Waals surface area contributed by atoms with Gasteiger partial charge in [-0.2, -0.15) is 0 Å². The molecule has 0 atom stereocenters. The lowest BCUT2D eigenvalue weighted by Crippen LogP contribution is -2.13. The summed E-state index contributed by atoms with van der Waals surface area (Å²) in [6, 6.07) is 25.7. The molecule has 1 N–H and O–H groups in total. The quantitative estimate of drug-likeness (QED) is 0.259. The largest absolute Gasteiger partial charge is 0.490 e. The third-order valence-electron chi connectivity index (χ3n) is 5.08. The van der Waals surface area contributed by atoms with Crippen molar-refractivity contribution in [1.82, 2.24) is 0 Å². The Morgan fingerprint density at radius 3 is 2.41 bits per heavy atom. The van der Waals surface area contributed by atoms with Gasteiger partial charge in [-0.15, -0.1) is 0 Å². The van der Waals surface area contributed by atoms with Crippen LogP contribution in [-0.2, 0) is 6.61 Å². The zero-order valence-corrected chi connectivity index (χ0v) is 20.2. The normalized spacial score (nSPS) is 10.7. The summed E-state index contributed by atoms with van der Waals surface area (Å²) < 4.78 is 12.7. The maximum atomic E-state index is 13.0. The van der Waals surface area contributed by atoms with Crippen molar-refractivity contribution < 1.29 is 14.3 Å². The van der Waals surface area contributed by atoms with Crippen LogP contribution in [0.3, 0.4) is 0 Å². The zero-order chi connectivity index (χ0) is 22.5. The smallest absolute Gasteiger partial charge is 0.255 e. The van der Waals surface area contributed by atoms with Crippen molar-refractivity contribution >= 4 is 45.0 Å². The van der Waals surface area contributed by atoms with Crippen LogP contribution >= 0.6 is 22.6 Å². The first kappa shape index (κ1) is 22.1. The van der Waals surface area contributed by atoms with Crippen molar-refractivity contribution in [3.8, 4) is 11.5 Å². The van der Waals surface area contributed by atoms with Crippen molar-refractivity contribution in [3.63, 3.8) is 0 Å². The molecule has 4 aromatic rings. The zero-order valence-electron chi connectivity index (χ0n) is 18.0. The van der Waals surface area contributed by atoms with Gasteiger partial charge in [-0.1, -0.05) is 60.2 Å². The van der Waals surface area contributed by atoms with E-state index >= 15 is 0 Å². The van der Waals surface area contributed by atoms with E-state index in [4.69, 9.17) is 9.47 Å². The molecular formula is C27H24INO3. The van der Waals surface area contributed by atoms with E-state index in [0.29, 0.717) is 30.3 Å². The number of rotatable bonds is 7. The number of nitrogens with one attached hydrogen (secondary N) is 1. The molecule has 4 nitrogen and oxygen atoms in total. The summed E-state index contributed by atoms with van der Waals surface area (Å²) in [5.41, 5.74) is 3.56. The lowest BCUT2D eigenvalue weighted by Gasteiger charge is -2.16. The van der Waals surface area contributed by atoms with E-state index in [-0.39, 0.29) is 5.91 Å². The molecule has 4 aromatic carbocycles. The van der Waals surface area contributed by atoms with Crippen LogP contribution in [0, 0.1) is 10.5 Å². The minimum absolute atomic E-state index is 0.191. The standard InChI is InChI=1S/C27H24INO3/c1-3-31-25-16-22(15-24(28)26(25)32-17-19-10-8-18(2)9-11-19)27(30)29-23-13-12-20-6-4-5-7-21(20)14-23/h4-16H,3,17H2,1-2H3,(H,29,30). The maximum Gasteiger partial charge on any atom is 0.255 e. The summed E-state index contributed by atoms with van der Waals surface area (Å²) in [6.45, 7) is 4.88. The highest BCUT2D eigenvalue weighted by molar-refractivity contribution is 14.1. The number of hydrogen-bond donors (Lipinski definition) is 1. The Morgan fingerprint density at radius 2 is 1.66 bits per heavy atom. The predicted octanol–water partition coefficient (Wildman–Crippen LogP) is 6.98. The molecule has 0 aliphatic rings. The van der Waals surface area contributed by atoms with Gasteiger partial charge in [0.15, 0.2) is 11.5 Å². The number of benzene rings is 4. The highest BCUT2D eigenvalue weighted by Crippen LogP contribution is 2.35. The third-order valence-corrected chi connectivity index (χ3v) is 5.88. The topological polar surface area (TPSA) is 47.6 Å². The molecule has 0 saturated carbocycles. The van der Waals surface area contributed by atoms with E-state index < -0.39 is 0 Å². The van der Waals surface area contributed by atoms with Crippen LogP contribution in [0.2, 0.25) is 0 Å². The minimum atomic E-state index is -0.191. The second-order valence-corrected chi connectivity index (χ2v) is 8.67. The summed E-state index contributed by atoms with van der Waals surface area (Å²) in [7, 11) is 0. The molecule has 0 aliphatic heterocycles. The van der Waals surface area contributed by atoms with Gasteiger partial charge in [0.2, 0.25) is 0 Å². The molecule has 0 spiro atoms. The van der Waals surface area contributed by atoms with Crippen LogP contribution < -0.4 is 14.8 Å². The van der Waals surface area contributed by atoms with E-state index in [1.54, 1.807) is 6.07 Å². The Bertz CT molecular complexity index is 1250. The molecule has 0 unspecified atom stereocenters. The van der Waals surface area contributed by atoms with Crippen LogP contribution in [0.5, 0.6) is 11.5 Å². The SMILES string of the molecule is CCOc1cc(C(=O)Nc2ccc3ccccc3c2)cc(I)c1OCc1ccc(C)cc1. The molecule has 0 aliphatic carbocycles. The van der Waals surface area contributed by atoms with Gasteiger partial charge in [0, 0.05) is 11.3 Å². The minimum Gasteiger partial charge on any atom is -0.490 e.